The van der Waals surface area contributed by atoms with Crippen LogP contribution in [0.5, 0.6) is 11.5 Å². The third kappa shape index (κ3) is 2.26. The molecule has 14 heavy (non-hydrogen) atoms. The molecule has 76 valence electrons. The second-order valence-electron chi connectivity index (χ2n) is 2.52. The third-order valence-corrected chi connectivity index (χ3v) is 2.01. The van der Waals surface area contributed by atoms with Gasteiger partial charge in [-0.05, 0) is 17.1 Å². The first kappa shape index (κ1) is 11.0. The fourth-order valence-electron chi connectivity index (χ4n) is 1.07. The van der Waals surface area contributed by atoms with Crippen LogP contribution in [0.2, 0.25) is 0 Å². The van der Waals surface area contributed by atoms with E-state index in [-0.39, 0.29) is 5.82 Å². The van der Waals surface area contributed by atoms with Crippen LogP contribution in [-0.2, 0) is 0 Å². The first-order valence-electron chi connectivity index (χ1n) is 3.91. The van der Waals surface area contributed by atoms with Crippen LogP contribution < -0.4 is 9.47 Å². The molecule has 0 heterocycles. The molecule has 0 amide bonds. The van der Waals surface area contributed by atoms with Gasteiger partial charge in [-0.1, -0.05) is 15.9 Å². The maximum Gasteiger partial charge on any atom is 0.163 e. The van der Waals surface area contributed by atoms with Crippen molar-refractivity contribution in [2.75, 3.05) is 14.2 Å². The summed E-state index contributed by atoms with van der Waals surface area (Å²) >= 11 is 3.08. The Morgan fingerprint density at radius 1 is 1.21 bits per heavy atom. The summed E-state index contributed by atoms with van der Waals surface area (Å²) in [6, 6.07) is 2.87. The number of rotatable bonds is 3. The maximum atomic E-state index is 13.3. The number of hydrogen-bond acceptors (Lipinski definition) is 2. The van der Waals surface area contributed by atoms with Crippen molar-refractivity contribution in [2.45, 2.75) is 0 Å². The van der Waals surface area contributed by atoms with Crippen LogP contribution in [0.15, 0.2) is 17.1 Å². The summed E-state index contributed by atoms with van der Waals surface area (Å²) in [7, 11) is 2.98. The van der Waals surface area contributed by atoms with Crippen LogP contribution in [0.1, 0.15) is 5.56 Å². The first-order valence-corrected chi connectivity index (χ1v) is 4.82. The first-order chi connectivity index (χ1) is 6.72. The van der Waals surface area contributed by atoms with E-state index >= 15 is 0 Å². The average molecular weight is 261 g/mol. The van der Waals surface area contributed by atoms with Crippen LogP contribution in [0, 0.1) is 5.82 Å². The molecule has 4 heteroatoms. The van der Waals surface area contributed by atoms with Crippen LogP contribution in [0.3, 0.4) is 0 Å². The third-order valence-electron chi connectivity index (χ3n) is 1.75. The lowest BCUT2D eigenvalue weighted by molar-refractivity contribution is 0.352. The van der Waals surface area contributed by atoms with Gasteiger partial charge < -0.3 is 9.47 Å². The second-order valence-corrected chi connectivity index (χ2v) is 3.05. The molecule has 0 spiro atoms. The molecule has 1 rings (SSSR count). The molecule has 0 unspecified atom stereocenters. The monoisotopic (exact) mass is 260 g/mol. The molecule has 2 nitrogen and oxygen atoms in total. The molecule has 0 saturated carbocycles. The Morgan fingerprint density at radius 3 is 2.29 bits per heavy atom. The normalized spacial score (nSPS) is 10.6. The number of methoxy groups -OCH3 is 2. The van der Waals surface area contributed by atoms with Crippen molar-refractivity contribution < 1.29 is 13.9 Å². The Bertz CT molecular complexity index is 350. The Kier molecular flexibility index (Phi) is 3.95. The molecular formula is C10H10BrFO2. The zero-order valence-corrected chi connectivity index (χ0v) is 9.47. The highest BCUT2D eigenvalue weighted by Crippen LogP contribution is 2.30. The van der Waals surface area contributed by atoms with Gasteiger partial charge in [0.2, 0.25) is 0 Å². The molecule has 0 radical (unpaired) electrons. The summed E-state index contributed by atoms with van der Waals surface area (Å²) in [5, 5.41) is 0. The van der Waals surface area contributed by atoms with Gasteiger partial charge in [-0.25, -0.2) is 4.39 Å². The van der Waals surface area contributed by atoms with Crippen molar-refractivity contribution in [3.63, 3.8) is 0 Å². The van der Waals surface area contributed by atoms with E-state index in [4.69, 9.17) is 9.47 Å². The van der Waals surface area contributed by atoms with E-state index in [0.717, 1.165) is 0 Å². The lowest BCUT2D eigenvalue weighted by atomic mass is 10.2. The Hall–Kier alpha value is -1.03. The van der Waals surface area contributed by atoms with Crippen LogP contribution in [0.25, 0.3) is 6.08 Å². The number of benzene rings is 1. The SMILES string of the molecule is COc1cc(F)c(/C=C/Br)cc1OC. The summed E-state index contributed by atoms with van der Waals surface area (Å²) in [6.45, 7) is 0. The van der Waals surface area contributed by atoms with Gasteiger partial charge in [-0.2, -0.15) is 0 Å². The summed E-state index contributed by atoms with van der Waals surface area (Å²) in [5.41, 5.74) is 0.444. The predicted molar refractivity (Wildman–Crippen MR) is 57.5 cm³/mol. The fraction of sp³-hybridized carbons (Fsp3) is 0.200. The number of halogens is 2. The molecule has 1 aromatic carbocycles. The molecule has 0 aliphatic rings. The highest BCUT2D eigenvalue weighted by molar-refractivity contribution is 9.11. The highest BCUT2D eigenvalue weighted by atomic mass is 79.9. The highest BCUT2D eigenvalue weighted by Gasteiger charge is 2.08. The minimum absolute atomic E-state index is 0.349. The number of ether oxygens (including phenoxy) is 2. The Labute approximate surface area is 90.5 Å². The van der Waals surface area contributed by atoms with Gasteiger partial charge in [0.15, 0.2) is 11.5 Å². The molecule has 0 atom stereocenters. The van der Waals surface area contributed by atoms with Gasteiger partial charge >= 0.3 is 0 Å². The summed E-state index contributed by atoms with van der Waals surface area (Å²) < 4.78 is 23.3. The minimum Gasteiger partial charge on any atom is -0.493 e. The zero-order chi connectivity index (χ0) is 10.6. The molecule has 1 aromatic rings. The van der Waals surface area contributed by atoms with Crippen LogP contribution in [0.4, 0.5) is 4.39 Å². The van der Waals surface area contributed by atoms with Gasteiger partial charge in [0.25, 0.3) is 0 Å². The van der Waals surface area contributed by atoms with Crippen molar-refractivity contribution in [1.29, 1.82) is 0 Å². The van der Waals surface area contributed by atoms with Gasteiger partial charge in [0, 0.05) is 11.6 Å². The lowest BCUT2D eigenvalue weighted by Gasteiger charge is -2.08. The molecule has 0 aromatic heterocycles. The molecule has 0 fully saturated rings. The van der Waals surface area contributed by atoms with Crippen LogP contribution in [-0.4, -0.2) is 14.2 Å². The topological polar surface area (TPSA) is 18.5 Å². The standard InChI is InChI=1S/C10H10BrFO2/c1-13-9-5-7(3-4-11)8(12)6-10(9)14-2/h3-6H,1-2H3/b4-3+. The largest absolute Gasteiger partial charge is 0.493 e. The van der Waals surface area contributed by atoms with Gasteiger partial charge in [0.05, 0.1) is 14.2 Å². The van der Waals surface area contributed by atoms with E-state index in [2.05, 4.69) is 15.9 Å². The summed E-state index contributed by atoms with van der Waals surface area (Å²) in [5.74, 6) is 0.546. The molecule has 0 aliphatic carbocycles. The van der Waals surface area contributed by atoms with E-state index in [1.165, 1.54) is 20.3 Å². The number of hydrogen-bond donors (Lipinski definition) is 0. The summed E-state index contributed by atoms with van der Waals surface area (Å²) in [6.07, 6.45) is 1.59. The van der Waals surface area contributed by atoms with Crippen molar-refractivity contribution in [1.82, 2.24) is 0 Å². The molecule has 0 N–H and O–H groups in total. The zero-order valence-electron chi connectivity index (χ0n) is 7.88. The predicted octanol–water partition coefficient (Wildman–Crippen LogP) is 3.21. The van der Waals surface area contributed by atoms with Crippen molar-refractivity contribution in [3.05, 3.63) is 28.5 Å². The lowest BCUT2D eigenvalue weighted by Crippen LogP contribution is -1.93. The molecule has 0 saturated heterocycles. The average Bonchev–Trinajstić information content (AvgIpc) is 2.20. The molecular weight excluding hydrogens is 251 g/mol. The maximum absolute atomic E-state index is 13.3. The van der Waals surface area contributed by atoms with Gasteiger partial charge in [0.1, 0.15) is 5.82 Å². The summed E-state index contributed by atoms with van der Waals surface area (Å²) in [4.78, 5) is 1.58. The Morgan fingerprint density at radius 2 is 1.79 bits per heavy atom. The van der Waals surface area contributed by atoms with Crippen LogP contribution >= 0.6 is 15.9 Å². The van der Waals surface area contributed by atoms with Crippen molar-refractivity contribution in [3.8, 4) is 11.5 Å². The van der Waals surface area contributed by atoms with Crippen molar-refractivity contribution >= 4 is 22.0 Å². The smallest absolute Gasteiger partial charge is 0.163 e. The van der Waals surface area contributed by atoms with E-state index in [0.29, 0.717) is 17.1 Å². The van der Waals surface area contributed by atoms with E-state index < -0.39 is 0 Å². The van der Waals surface area contributed by atoms with Gasteiger partial charge in [-0.3, -0.25) is 0 Å². The second kappa shape index (κ2) is 5.00. The molecule has 0 aliphatic heterocycles. The quantitative estimate of drug-likeness (QED) is 0.831. The van der Waals surface area contributed by atoms with Crippen molar-refractivity contribution in [2.24, 2.45) is 0 Å². The minimum atomic E-state index is -0.349. The van der Waals surface area contributed by atoms with E-state index in [1.807, 2.05) is 0 Å². The van der Waals surface area contributed by atoms with E-state index in [9.17, 15) is 4.39 Å². The molecule has 0 bridgehead atoms. The van der Waals surface area contributed by atoms with E-state index in [1.54, 1.807) is 17.1 Å². The van der Waals surface area contributed by atoms with Gasteiger partial charge in [-0.15, -0.1) is 0 Å². The Balaban J connectivity index is 3.23. The fourth-order valence-corrected chi connectivity index (χ4v) is 1.35.